The van der Waals surface area contributed by atoms with Crippen LogP contribution in [0.4, 0.5) is 8.78 Å². The SMILES string of the molecule is CS(=O)(=O)NCc1cc(F)cc(-c2ccnc3[nH]c(-c4n[nH]c5cnc(-c6cncc(CNCC7CCCC7)c6)c(F)c45)nc23)c1. The summed E-state index contributed by atoms with van der Waals surface area (Å²) >= 11 is 0. The molecular weight excluding hydrogens is 612 g/mol. The molecule has 0 bridgehead atoms. The van der Waals surface area contributed by atoms with Crippen LogP contribution < -0.4 is 10.0 Å². The number of hydrogen-bond acceptors (Lipinski definition) is 8. The zero-order valence-electron chi connectivity index (χ0n) is 24.9. The second-order valence-electron chi connectivity index (χ2n) is 11.7. The lowest BCUT2D eigenvalue weighted by atomic mass is 10.0. The van der Waals surface area contributed by atoms with Gasteiger partial charge in [-0.05, 0) is 72.3 Å². The van der Waals surface area contributed by atoms with Crippen molar-refractivity contribution in [2.45, 2.75) is 38.8 Å². The van der Waals surface area contributed by atoms with Gasteiger partial charge in [-0.15, -0.1) is 0 Å². The highest BCUT2D eigenvalue weighted by molar-refractivity contribution is 7.88. The summed E-state index contributed by atoms with van der Waals surface area (Å²) < 4.78 is 56.4. The average molecular weight is 644 g/mol. The van der Waals surface area contributed by atoms with Crippen molar-refractivity contribution in [1.82, 2.24) is 45.2 Å². The van der Waals surface area contributed by atoms with Crippen LogP contribution in [-0.4, -0.2) is 56.3 Å². The second kappa shape index (κ2) is 12.3. The third-order valence-corrected chi connectivity index (χ3v) is 8.93. The number of sulfonamides is 1. The molecule has 0 aliphatic heterocycles. The maximum atomic E-state index is 16.3. The van der Waals surface area contributed by atoms with Crippen LogP contribution in [0, 0.1) is 17.6 Å². The van der Waals surface area contributed by atoms with E-state index in [-0.39, 0.29) is 29.1 Å². The van der Waals surface area contributed by atoms with Gasteiger partial charge < -0.3 is 10.3 Å². The normalized spacial score (nSPS) is 14.2. The number of imidazole rings is 1. The minimum absolute atomic E-state index is 0.0755. The lowest BCUT2D eigenvalue weighted by molar-refractivity contribution is 0.489. The number of nitrogens with one attached hydrogen (secondary N) is 4. The molecule has 0 spiro atoms. The summed E-state index contributed by atoms with van der Waals surface area (Å²) in [5.41, 5.74) is 4.53. The Balaban J connectivity index is 1.22. The van der Waals surface area contributed by atoms with Crippen molar-refractivity contribution in [1.29, 1.82) is 0 Å². The van der Waals surface area contributed by atoms with Gasteiger partial charge in [0.25, 0.3) is 0 Å². The number of aromatic nitrogens is 7. The molecule has 0 radical (unpaired) electrons. The topological polar surface area (TPSA) is 154 Å². The first-order valence-corrected chi connectivity index (χ1v) is 16.9. The van der Waals surface area contributed by atoms with Gasteiger partial charge in [-0.3, -0.25) is 15.1 Å². The van der Waals surface area contributed by atoms with Crippen LogP contribution in [0.2, 0.25) is 0 Å². The van der Waals surface area contributed by atoms with Crippen LogP contribution in [0.3, 0.4) is 0 Å². The van der Waals surface area contributed by atoms with E-state index in [0.717, 1.165) is 18.4 Å². The van der Waals surface area contributed by atoms with E-state index < -0.39 is 21.7 Å². The van der Waals surface area contributed by atoms with Crippen LogP contribution in [0.25, 0.3) is 56.0 Å². The Morgan fingerprint density at radius 3 is 2.61 bits per heavy atom. The maximum absolute atomic E-state index is 16.3. The van der Waals surface area contributed by atoms with Crippen molar-refractivity contribution in [2.24, 2.45) is 5.92 Å². The minimum atomic E-state index is -3.47. The Bertz CT molecular complexity index is 2180. The molecular formula is C32H31F2N9O2S. The van der Waals surface area contributed by atoms with Crippen LogP contribution in [0.1, 0.15) is 36.8 Å². The summed E-state index contributed by atoms with van der Waals surface area (Å²) in [6, 6.07) is 7.85. The molecule has 1 aliphatic carbocycles. The Morgan fingerprint density at radius 1 is 0.957 bits per heavy atom. The van der Waals surface area contributed by atoms with Crippen molar-refractivity contribution in [3.8, 4) is 33.9 Å². The number of pyridine rings is 3. The van der Waals surface area contributed by atoms with Gasteiger partial charge in [0.2, 0.25) is 10.0 Å². The van der Waals surface area contributed by atoms with Crippen molar-refractivity contribution in [2.75, 3.05) is 12.8 Å². The van der Waals surface area contributed by atoms with Gasteiger partial charge >= 0.3 is 0 Å². The Labute approximate surface area is 263 Å². The third kappa shape index (κ3) is 6.23. The molecule has 0 saturated heterocycles. The van der Waals surface area contributed by atoms with Crippen LogP contribution in [0.5, 0.6) is 0 Å². The van der Waals surface area contributed by atoms with Crippen molar-refractivity contribution in [3.63, 3.8) is 0 Å². The van der Waals surface area contributed by atoms with E-state index in [9.17, 15) is 12.8 Å². The molecule has 0 amide bonds. The second-order valence-corrected chi connectivity index (χ2v) is 13.6. The molecule has 1 aliphatic rings. The molecule has 1 fully saturated rings. The van der Waals surface area contributed by atoms with E-state index in [0.29, 0.717) is 51.4 Å². The number of aromatic amines is 2. The van der Waals surface area contributed by atoms with E-state index >= 15 is 4.39 Å². The van der Waals surface area contributed by atoms with E-state index in [4.69, 9.17) is 4.98 Å². The van der Waals surface area contributed by atoms with Crippen LogP contribution >= 0.6 is 0 Å². The fourth-order valence-electron chi connectivity index (χ4n) is 6.07. The molecule has 4 N–H and O–H groups in total. The predicted molar refractivity (Wildman–Crippen MR) is 171 cm³/mol. The highest BCUT2D eigenvalue weighted by Gasteiger charge is 2.22. The van der Waals surface area contributed by atoms with Gasteiger partial charge in [-0.25, -0.2) is 31.9 Å². The first-order chi connectivity index (χ1) is 22.2. The molecule has 14 heteroatoms. The summed E-state index contributed by atoms with van der Waals surface area (Å²) in [5.74, 6) is -0.138. The molecule has 1 saturated carbocycles. The number of H-pyrrole nitrogens is 2. The maximum Gasteiger partial charge on any atom is 0.209 e. The molecule has 46 heavy (non-hydrogen) atoms. The minimum Gasteiger partial charge on any atom is -0.321 e. The lowest BCUT2D eigenvalue weighted by Crippen LogP contribution is -2.21. The van der Waals surface area contributed by atoms with Gasteiger partial charge in [-0.2, -0.15) is 5.10 Å². The summed E-state index contributed by atoms with van der Waals surface area (Å²) in [4.78, 5) is 20.9. The number of nitrogens with zero attached hydrogens (tertiary/aromatic N) is 5. The third-order valence-electron chi connectivity index (χ3n) is 8.27. The number of rotatable bonds is 10. The molecule has 7 rings (SSSR count). The quantitative estimate of drug-likeness (QED) is 0.158. The van der Waals surface area contributed by atoms with Crippen molar-refractivity contribution >= 4 is 32.1 Å². The standard InChI is InChI=1S/C32H31F2N9O2S/c1-46(44,45)39-15-19-8-21(11-23(33)10-19)24-6-7-37-31-29(24)40-32(41-31)30-26-25(42-43-30)17-38-28(27(26)34)22-9-20(14-36-16-22)13-35-12-18-4-2-3-5-18/h6-11,14,16-18,35,39H,2-5,12-13,15H2,1H3,(H,42,43)(H,37,40,41). The van der Waals surface area contributed by atoms with Crippen LogP contribution in [0.15, 0.2) is 55.1 Å². The Hall–Kier alpha value is -4.66. The van der Waals surface area contributed by atoms with Crippen LogP contribution in [-0.2, 0) is 23.1 Å². The molecule has 236 valence electrons. The summed E-state index contributed by atoms with van der Waals surface area (Å²) in [6.07, 6.45) is 12.6. The van der Waals surface area contributed by atoms with Gasteiger partial charge in [0.1, 0.15) is 22.7 Å². The largest absolute Gasteiger partial charge is 0.321 e. The van der Waals surface area contributed by atoms with E-state index in [1.165, 1.54) is 44.0 Å². The highest BCUT2D eigenvalue weighted by atomic mass is 32.2. The van der Waals surface area contributed by atoms with E-state index in [1.54, 1.807) is 30.7 Å². The fourth-order valence-corrected chi connectivity index (χ4v) is 6.50. The van der Waals surface area contributed by atoms with Crippen molar-refractivity contribution in [3.05, 3.63) is 77.9 Å². The summed E-state index contributed by atoms with van der Waals surface area (Å²) in [5, 5.41) is 10.9. The molecule has 5 aromatic heterocycles. The van der Waals surface area contributed by atoms with Crippen molar-refractivity contribution < 1.29 is 17.2 Å². The predicted octanol–water partition coefficient (Wildman–Crippen LogP) is 5.23. The van der Waals surface area contributed by atoms with Gasteiger partial charge in [0.05, 0.1) is 23.4 Å². The van der Waals surface area contributed by atoms with Gasteiger partial charge in [0, 0.05) is 42.8 Å². The number of benzene rings is 1. The van der Waals surface area contributed by atoms with Gasteiger partial charge in [0.15, 0.2) is 17.3 Å². The fraction of sp³-hybridized carbons (Fsp3) is 0.281. The average Bonchev–Trinajstić information content (AvgIpc) is 3.80. The van der Waals surface area contributed by atoms with E-state index in [2.05, 4.69) is 40.2 Å². The Morgan fingerprint density at radius 2 is 1.78 bits per heavy atom. The summed E-state index contributed by atoms with van der Waals surface area (Å²) in [7, 11) is -3.47. The zero-order valence-corrected chi connectivity index (χ0v) is 25.8. The van der Waals surface area contributed by atoms with E-state index in [1.807, 2.05) is 6.07 Å². The first-order valence-electron chi connectivity index (χ1n) is 15.0. The highest BCUT2D eigenvalue weighted by Crippen LogP contribution is 2.34. The van der Waals surface area contributed by atoms with Gasteiger partial charge in [-0.1, -0.05) is 12.8 Å². The molecule has 1 aromatic carbocycles. The Kier molecular flexibility index (Phi) is 8.01. The lowest BCUT2D eigenvalue weighted by Gasteiger charge is -2.11. The zero-order chi connectivity index (χ0) is 31.8. The molecule has 11 nitrogen and oxygen atoms in total. The monoisotopic (exact) mass is 643 g/mol. The first kappa shape index (κ1) is 30.0. The number of hydrogen-bond donors (Lipinski definition) is 4. The smallest absolute Gasteiger partial charge is 0.209 e. The number of fused-ring (bicyclic) bond motifs is 2. The molecule has 0 atom stereocenters. The molecule has 5 heterocycles. The molecule has 0 unspecified atom stereocenters. The molecule has 6 aromatic rings. The number of halogens is 2. The summed E-state index contributed by atoms with van der Waals surface area (Å²) in [6.45, 7) is 1.51.